The zero-order valence-corrected chi connectivity index (χ0v) is 12.1. The predicted octanol–water partition coefficient (Wildman–Crippen LogP) is 5.14. The van der Waals surface area contributed by atoms with E-state index in [-0.39, 0.29) is 11.1 Å². The van der Waals surface area contributed by atoms with Crippen molar-refractivity contribution in [2.45, 2.75) is 0 Å². The van der Waals surface area contributed by atoms with Gasteiger partial charge in [-0.25, -0.2) is 0 Å². The molecule has 0 fully saturated rings. The maximum Gasteiger partial charge on any atom is 0.230 e. The molecule has 0 aliphatic carbocycles. The van der Waals surface area contributed by atoms with Crippen LogP contribution in [0.1, 0.15) is 0 Å². The van der Waals surface area contributed by atoms with E-state index in [1.54, 1.807) is 24.3 Å². The van der Waals surface area contributed by atoms with E-state index < -0.39 is 0 Å². The molecule has 7 heteroatoms. The van der Waals surface area contributed by atoms with Crippen LogP contribution in [0.25, 0.3) is 22.4 Å². The molecule has 0 amide bonds. The second kappa shape index (κ2) is 5.05. The largest absolute Gasteiger partial charge is 0.452 e. The summed E-state index contributed by atoms with van der Waals surface area (Å²) in [4.78, 5) is 0. The number of furan rings is 1. The molecule has 3 rings (SSSR count). The Kier molecular flexibility index (Phi) is 3.38. The molecule has 4 nitrogen and oxygen atoms in total. The zero-order valence-electron chi connectivity index (χ0n) is 9.86. The Morgan fingerprint density at radius 1 is 1.05 bits per heavy atom. The number of benzene rings is 1. The molecule has 2 aromatic heterocycles. The van der Waals surface area contributed by atoms with Gasteiger partial charge >= 0.3 is 0 Å². The van der Waals surface area contributed by atoms with Gasteiger partial charge in [0.05, 0.1) is 27.4 Å². The first-order valence-corrected chi connectivity index (χ1v) is 6.65. The molecule has 0 atom stereocenters. The summed E-state index contributed by atoms with van der Waals surface area (Å²) >= 11 is 17.9. The molecular formula is C13H7Cl3N2O2. The molecular weight excluding hydrogens is 323 g/mol. The van der Waals surface area contributed by atoms with Gasteiger partial charge in [-0.15, -0.1) is 0 Å². The van der Waals surface area contributed by atoms with Crippen molar-refractivity contribution in [2.24, 2.45) is 0 Å². The lowest BCUT2D eigenvalue weighted by Gasteiger charge is -2.03. The highest BCUT2D eigenvalue weighted by molar-refractivity contribution is 6.42. The Bertz CT molecular complexity index is 780. The highest BCUT2D eigenvalue weighted by Crippen LogP contribution is 2.40. The van der Waals surface area contributed by atoms with E-state index in [9.17, 15) is 0 Å². The van der Waals surface area contributed by atoms with Gasteiger partial charge in [0.25, 0.3) is 0 Å². The fourth-order valence-corrected chi connectivity index (χ4v) is 2.38. The molecule has 2 heterocycles. The molecule has 0 aliphatic rings. The first-order valence-electron chi connectivity index (χ1n) is 5.52. The van der Waals surface area contributed by atoms with E-state index in [2.05, 4.69) is 5.16 Å². The summed E-state index contributed by atoms with van der Waals surface area (Å²) in [5.41, 5.74) is 8.23. The highest BCUT2D eigenvalue weighted by atomic mass is 35.5. The number of anilines is 1. The van der Waals surface area contributed by atoms with Gasteiger partial charge in [0, 0.05) is 0 Å². The van der Waals surface area contributed by atoms with Gasteiger partial charge < -0.3 is 14.7 Å². The van der Waals surface area contributed by atoms with E-state index >= 15 is 0 Å². The predicted molar refractivity (Wildman–Crippen MR) is 79.1 cm³/mol. The van der Waals surface area contributed by atoms with Crippen LogP contribution in [0.3, 0.4) is 0 Å². The van der Waals surface area contributed by atoms with Crippen molar-refractivity contribution in [3.63, 3.8) is 0 Å². The normalized spacial score (nSPS) is 10.9. The summed E-state index contributed by atoms with van der Waals surface area (Å²) in [6, 6.07) is 6.81. The summed E-state index contributed by atoms with van der Waals surface area (Å²) < 4.78 is 10.1. The fourth-order valence-electron chi connectivity index (χ4n) is 1.88. The van der Waals surface area contributed by atoms with Crippen molar-refractivity contribution in [3.05, 3.63) is 45.8 Å². The van der Waals surface area contributed by atoms with E-state index in [1.165, 1.54) is 6.26 Å². The van der Waals surface area contributed by atoms with Gasteiger partial charge in [-0.1, -0.05) is 34.4 Å². The summed E-state index contributed by atoms with van der Waals surface area (Å²) in [6.07, 6.45) is 1.46. The smallest absolute Gasteiger partial charge is 0.230 e. The monoisotopic (exact) mass is 328 g/mol. The molecule has 0 unspecified atom stereocenters. The number of nitrogens with zero attached hydrogens (tertiary/aromatic N) is 1. The van der Waals surface area contributed by atoms with Crippen molar-refractivity contribution >= 4 is 40.7 Å². The standard InChI is InChI=1S/C13H7Cl3N2O2/c14-8-2-1-6(5-9(8)15)10-11(18-20-13(10)17)7-3-4-19-12(7)16/h1-5H,17H2. The highest BCUT2D eigenvalue weighted by Gasteiger charge is 2.21. The average molecular weight is 330 g/mol. The second-order valence-electron chi connectivity index (χ2n) is 4.01. The maximum absolute atomic E-state index is 6.02. The van der Waals surface area contributed by atoms with Crippen molar-refractivity contribution in [3.8, 4) is 22.4 Å². The number of nitrogen functional groups attached to an aromatic ring is 1. The first kappa shape index (κ1) is 13.4. The summed E-state index contributed by atoms with van der Waals surface area (Å²) in [7, 11) is 0. The molecule has 0 aliphatic heterocycles. The van der Waals surface area contributed by atoms with Crippen LogP contribution in [-0.2, 0) is 0 Å². The van der Waals surface area contributed by atoms with E-state index in [0.717, 1.165) is 5.56 Å². The van der Waals surface area contributed by atoms with Crippen LogP contribution in [0.4, 0.5) is 5.88 Å². The third-order valence-electron chi connectivity index (χ3n) is 2.80. The lowest BCUT2D eigenvalue weighted by molar-refractivity contribution is 0.439. The third-order valence-corrected chi connectivity index (χ3v) is 3.83. The Balaban J connectivity index is 2.21. The Labute approximate surface area is 129 Å². The number of halogens is 3. The van der Waals surface area contributed by atoms with Gasteiger partial charge in [-0.05, 0) is 35.4 Å². The SMILES string of the molecule is Nc1onc(-c2ccoc2Cl)c1-c1ccc(Cl)c(Cl)c1. The number of hydrogen-bond acceptors (Lipinski definition) is 4. The molecule has 0 bridgehead atoms. The van der Waals surface area contributed by atoms with E-state index in [0.29, 0.717) is 26.9 Å². The lowest BCUT2D eigenvalue weighted by Crippen LogP contribution is -1.87. The minimum atomic E-state index is 0.163. The zero-order chi connectivity index (χ0) is 14.3. The molecule has 102 valence electrons. The maximum atomic E-state index is 6.02. The molecule has 1 aromatic carbocycles. The Morgan fingerprint density at radius 3 is 2.50 bits per heavy atom. The molecule has 0 spiro atoms. The number of aromatic nitrogens is 1. The summed E-state index contributed by atoms with van der Waals surface area (Å²) in [6.45, 7) is 0. The number of nitrogens with two attached hydrogens (primary N) is 1. The Hall–Kier alpha value is -1.62. The molecule has 2 N–H and O–H groups in total. The molecule has 0 radical (unpaired) electrons. The first-order chi connectivity index (χ1) is 9.58. The van der Waals surface area contributed by atoms with Gasteiger partial charge in [0.1, 0.15) is 5.69 Å². The third kappa shape index (κ3) is 2.16. The molecule has 20 heavy (non-hydrogen) atoms. The van der Waals surface area contributed by atoms with Crippen molar-refractivity contribution < 1.29 is 8.94 Å². The van der Waals surface area contributed by atoms with E-state index in [1.807, 2.05) is 0 Å². The lowest BCUT2D eigenvalue weighted by atomic mass is 10.0. The van der Waals surface area contributed by atoms with Gasteiger partial charge in [0.2, 0.25) is 11.1 Å². The summed E-state index contributed by atoms with van der Waals surface area (Å²) in [5, 5.41) is 5.00. The van der Waals surface area contributed by atoms with E-state index in [4.69, 9.17) is 49.5 Å². The second-order valence-corrected chi connectivity index (χ2v) is 5.16. The fraction of sp³-hybridized carbons (Fsp3) is 0. The van der Waals surface area contributed by atoms with Crippen molar-refractivity contribution in [2.75, 3.05) is 5.73 Å². The van der Waals surface area contributed by atoms with Crippen LogP contribution >= 0.6 is 34.8 Å². The van der Waals surface area contributed by atoms with Gasteiger partial charge in [-0.2, -0.15) is 0 Å². The van der Waals surface area contributed by atoms with Crippen LogP contribution in [0.5, 0.6) is 0 Å². The summed E-state index contributed by atoms with van der Waals surface area (Å²) in [5.74, 6) is 0.163. The molecule has 3 aromatic rings. The van der Waals surface area contributed by atoms with Crippen LogP contribution in [0.2, 0.25) is 15.3 Å². The minimum Gasteiger partial charge on any atom is -0.452 e. The van der Waals surface area contributed by atoms with Crippen molar-refractivity contribution in [1.82, 2.24) is 5.16 Å². The van der Waals surface area contributed by atoms with Crippen LogP contribution in [0.15, 0.2) is 39.5 Å². The van der Waals surface area contributed by atoms with Gasteiger partial charge in [0.15, 0.2) is 0 Å². The topological polar surface area (TPSA) is 65.2 Å². The quantitative estimate of drug-likeness (QED) is 0.706. The van der Waals surface area contributed by atoms with Crippen molar-refractivity contribution in [1.29, 1.82) is 0 Å². The average Bonchev–Trinajstić information content (AvgIpc) is 2.99. The van der Waals surface area contributed by atoms with Crippen LogP contribution < -0.4 is 5.73 Å². The molecule has 0 saturated carbocycles. The minimum absolute atomic E-state index is 0.163. The molecule has 0 saturated heterocycles. The Morgan fingerprint density at radius 2 is 1.85 bits per heavy atom. The number of hydrogen-bond donors (Lipinski definition) is 1. The van der Waals surface area contributed by atoms with Crippen LogP contribution in [0, 0.1) is 0 Å². The van der Waals surface area contributed by atoms with Crippen LogP contribution in [-0.4, -0.2) is 5.16 Å². The number of rotatable bonds is 2. The van der Waals surface area contributed by atoms with Gasteiger partial charge in [-0.3, -0.25) is 0 Å².